The summed E-state index contributed by atoms with van der Waals surface area (Å²) in [4.78, 5) is 13.3. The molecule has 3 atom stereocenters. The first kappa shape index (κ1) is 23.3. The van der Waals surface area contributed by atoms with Gasteiger partial charge in [-0.25, -0.2) is 5.01 Å². The van der Waals surface area contributed by atoms with Crippen LogP contribution in [0.15, 0.2) is 47.6 Å². The number of halogens is 3. The zero-order chi connectivity index (χ0) is 22.8. The summed E-state index contributed by atoms with van der Waals surface area (Å²) in [6.45, 7) is 3.36. The van der Waals surface area contributed by atoms with Crippen LogP contribution in [0.25, 0.3) is 0 Å². The van der Waals surface area contributed by atoms with E-state index in [0.717, 1.165) is 24.9 Å². The standard InChI is InChI=1S/C23H25Cl3N4O2/c1-14-21(23(31)28-29-11-3-4-18(29)13-32-2)27-30(20-10-9-17(25)12-19(20)26)22(14)15-5-7-16(24)8-6-15/h5-10,12,14,18,22H,3-4,11,13H2,1-2H3,(H,28,31)/t14?,18-,22?/m0/s1. The smallest absolute Gasteiger partial charge is 0.282 e. The molecule has 9 heteroatoms. The summed E-state index contributed by atoms with van der Waals surface area (Å²) in [5, 5.41) is 10.1. The second-order valence-electron chi connectivity index (χ2n) is 8.10. The molecule has 2 aromatic carbocycles. The average Bonchev–Trinajstić information content (AvgIpc) is 3.33. The topological polar surface area (TPSA) is 57.2 Å². The minimum absolute atomic E-state index is 0.162. The van der Waals surface area contributed by atoms with E-state index in [4.69, 9.17) is 44.6 Å². The molecule has 6 nitrogen and oxygen atoms in total. The van der Waals surface area contributed by atoms with Crippen LogP contribution in [0.5, 0.6) is 0 Å². The van der Waals surface area contributed by atoms with Crippen molar-refractivity contribution in [2.24, 2.45) is 11.0 Å². The number of methoxy groups -OCH3 is 1. The third kappa shape index (κ3) is 4.75. The number of rotatable bonds is 6. The van der Waals surface area contributed by atoms with Crippen LogP contribution < -0.4 is 10.4 Å². The quantitative estimate of drug-likeness (QED) is 0.587. The lowest BCUT2D eigenvalue weighted by molar-refractivity contribution is -0.120. The molecule has 2 aromatic rings. The highest BCUT2D eigenvalue weighted by Gasteiger charge is 2.41. The van der Waals surface area contributed by atoms with Gasteiger partial charge in [0.25, 0.3) is 5.91 Å². The SMILES string of the molecule is COC[C@@H]1CCCN1NC(=O)C1=NN(c2ccc(Cl)cc2Cl)C(c2ccc(Cl)cc2)C1C. The van der Waals surface area contributed by atoms with Gasteiger partial charge in [0.1, 0.15) is 5.71 Å². The van der Waals surface area contributed by atoms with E-state index in [-0.39, 0.29) is 23.9 Å². The van der Waals surface area contributed by atoms with Gasteiger partial charge in [-0.15, -0.1) is 0 Å². The fourth-order valence-electron chi connectivity index (χ4n) is 4.38. The van der Waals surface area contributed by atoms with Gasteiger partial charge in [0.2, 0.25) is 0 Å². The summed E-state index contributed by atoms with van der Waals surface area (Å²) >= 11 is 18.7. The van der Waals surface area contributed by atoms with E-state index in [1.54, 1.807) is 24.3 Å². The van der Waals surface area contributed by atoms with Crippen LogP contribution in [0.1, 0.15) is 31.4 Å². The number of nitrogens with one attached hydrogen (secondary N) is 1. The second-order valence-corrected chi connectivity index (χ2v) is 9.38. The van der Waals surface area contributed by atoms with Crippen molar-refractivity contribution in [3.05, 3.63) is 63.1 Å². The minimum Gasteiger partial charge on any atom is -0.383 e. The normalized spacial score (nSPS) is 23.5. The number of hydrogen-bond donors (Lipinski definition) is 1. The molecule has 0 radical (unpaired) electrons. The molecule has 4 rings (SSSR count). The third-order valence-electron chi connectivity index (χ3n) is 5.97. The zero-order valence-corrected chi connectivity index (χ0v) is 20.2. The van der Waals surface area contributed by atoms with Crippen molar-refractivity contribution in [3.8, 4) is 0 Å². The lowest BCUT2D eigenvalue weighted by atomic mass is 9.91. The highest BCUT2D eigenvalue weighted by Crippen LogP contribution is 2.42. The molecular formula is C23H25Cl3N4O2. The number of ether oxygens (including phenoxy) is 1. The van der Waals surface area contributed by atoms with Gasteiger partial charge in [-0.1, -0.05) is 53.9 Å². The number of hydrazine groups is 1. The van der Waals surface area contributed by atoms with Crippen molar-refractivity contribution < 1.29 is 9.53 Å². The van der Waals surface area contributed by atoms with Gasteiger partial charge in [-0.05, 0) is 48.7 Å². The number of nitrogens with zero attached hydrogens (tertiary/aromatic N) is 3. The van der Waals surface area contributed by atoms with Crippen LogP contribution in [0.3, 0.4) is 0 Å². The Kier molecular flexibility index (Phi) is 7.27. The molecule has 2 unspecified atom stereocenters. The Morgan fingerprint density at radius 2 is 1.88 bits per heavy atom. The Hall–Kier alpha value is -1.83. The Bertz CT molecular complexity index is 1010. The zero-order valence-electron chi connectivity index (χ0n) is 17.9. The van der Waals surface area contributed by atoms with Crippen molar-refractivity contribution >= 4 is 52.1 Å². The van der Waals surface area contributed by atoms with Crippen LogP contribution in [0.4, 0.5) is 5.69 Å². The lowest BCUT2D eigenvalue weighted by Gasteiger charge is -2.28. The van der Waals surface area contributed by atoms with Gasteiger partial charge in [0.15, 0.2) is 0 Å². The minimum atomic E-state index is -0.222. The lowest BCUT2D eigenvalue weighted by Crippen LogP contribution is -2.49. The molecule has 0 bridgehead atoms. The molecule has 2 heterocycles. The van der Waals surface area contributed by atoms with Gasteiger partial charge in [0.05, 0.1) is 29.4 Å². The Labute approximate surface area is 203 Å². The molecule has 170 valence electrons. The van der Waals surface area contributed by atoms with Gasteiger partial charge in [-0.3, -0.25) is 15.2 Å². The number of carbonyl (C=O) groups excluding carboxylic acids is 1. The average molecular weight is 496 g/mol. The summed E-state index contributed by atoms with van der Waals surface area (Å²) in [5.41, 5.74) is 5.16. The fourth-order valence-corrected chi connectivity index (χ4v) is 5.00. The van der Waals surface area contributed by atoms with E-state index < -0.39 is 0 Å². The Balaban J connectivity index is 1.66. The summed E-state index contributed by atoms with van der Waals surface area (Å²) < 4.78 is 5.30. The first-order chi connectivity index (χ1) is 15.4. The van der Waals surface area contributed by atoms with E-state index in [1.807, 2.05) is 42.3 Å². The summed E-state index contributed by atoms with van der Waals surface area (Å²) in [7, 11) is 1.67. The molecule has 1 N–H and O–H groups in total. The van der Waals surface area contributed by atoms with Gasteiger partial charge >= 0.3 is 0 Å². The highest BCUT2D eigenvalue weighted by molar-refractivity contribution is 6.41. The highest BCUT2D eigenvalue weighted by atomic mass is 35.5. The fraction of sp³-hybridized carbons (Fsp3) is 0.391. The van der Waals surface area contributed by atoms with Crippen LogP contribution in [-0.2, 0) is 9.53 Å². The molecule has 0 aromatic heterocycles. The maximum absolute atomic E-state index is 13.3. The predicted octanol–water partition coefficient (Wildman–Crippen LogP) is 5.34. The number of amides is 1. The van der Waals surface area contributed by atoms with Crippen molar-refractivity contribution in [2.45, 2.75) is 31.8 Å². The van der Waals surface area contributed by atoms with Crippen molar-refractivity contribution in [2.75, 3.05) is 25.3 Å². The predicted molar refractivity (Wildman–Crippen MR) is 129 cm³/mol. The molecule has 1 saturated heterocycles. The van der Waals surface area contributed by atoms with E-state index >= 15 is 0 Å². The van der Waals surface area contributed by atoms with Crippen molar-refractivity contribution in [1.82, 2.24) is 10.4 Å². The number of carbonyl (C=O) groups is 1. The van der Waals surface area contributed by atoms with Gasteiger partial charge in [-0.2, -0.15) is 5.10 Å². The van der Waals surface area contributed by atoms with Crippen LogP contribution in [-0.4, -0.2) is 42.9 Å². The molecule has 1 fully saturated rings. The molecule has 0 spiro atoms. The number of hydrazone groups is 1. The Morgan fingerprint density at radius 1 is 1.16 bits per heavy atom. The summed E-state index contributed by atoms with van der Waals surface area (Å²) in [5.74, 6) is -0.404. The number of benzene rings is 2. The molecular weight excluding hydrogens is 471 g/mol. The second kappa shape index (κ2) is 9.98. The molecule has 2 aliphatic rings. The monoisotopic (exact) mass is 494 g/mol. The first-order valence-electron chi connectivity index (χ1n) is 10.5. The molecule has 1 amide bonds. The first-order valence-corrected chi connectivity index (χ1v) is 11.7. The maximum Gasteiger partial charge on any atom is 0.282 e. The molecule has 32 heavy (non-hydrogen) atoms. The number of hydrogen-bond acceptors (Lipinski definition) is 5. The maximum atomic E-state index is 13.3. The van der Waals surface area contributed by atoms with E-state index in [0.29, 0.717) is 33.1 Å². The van der Waals surface area contributed by atoms with E-state index in [9.17, 15) is 4.79 Å². The van der Waals surface area contributed by atoms with E-state index in [2.05, 4.69) is 5.43 Å². The van der Waals surface area contributed by atoms with Crippen LogP contribution in [0, 0.1) is 5.92 Å². The third-order valence-corrected chi connectivity index (χ3v) is 6.76. The Morgan fingerprint density at radius 3 is 2.56 bits per heavy atom. The summed E-state index contributed by atoms with van der Waals surface area (Å²) in [6.07, 6.45) is 1.99. The van der Waals surface area contributed by atoms with Crippen LogP contribution in [0.2, 0.25) is 15.1 Å². The molecule has 0 saturated carbocycles. The van der Waals surface area contributed by atoms with Crippen molar-refractivity contribution in [3.63, 3.8) is 0 Å². The number of anilines is 1. The van der Waals surface area contributed by atoms with Crippen molar-refractivity contribution in [1.29, 1.82) is 0 Å². The van der Waals surface area contributed by atoms with E-state index in [1.165, 1.54) is 0 Å². The largest absolute Gasteiger partial charge is 0.383 e. The molecule has 2 aliphatic heterocycles. The van der Waals surface area contributed by atoms with Crippen LogP contribution >= 0.6 is 34.8 Å². The molecule has 0 aliphatic carbocycles. The van der Waals surface area contributed by atoms with Gasteiger partial charge < -0.3 is 4.74 Å². The van der Waals surface area contributed by atoms with Gasteiger partial charge in [0, 0.05) is 29.6 Å². The summed E-state index contributed by atoms with van der Waals surface area (Å²) in [6, 6.07) is 12.8.